The Morgan fingerprint density at radius 3 is 2.59 bits per heavy atom. The van der Waals surface area contributed by atoms with Crippen LogP contribution < -0.4 is 0 Å². The molecular weight excluding hydrogens is 358 g/mol. The molecule has 0 spiro atoms. The lowest BCUT2D eigenvalue weighted by Crippen LogP contribution is -2.32. The van der Waals surface area contributed by atoms with E-state index in [-0.39, 0.29) is 5.91 Å². The highest BCUT2D eigenvalue weighted by Crippen LogP contribution is 2.19. The molecule has 0 bridgehead atoms. The molecule has 0 saturated carbocycles. The molecule has 1 amide bonds. The molecule has 3 rings (SSSR count). The third kappa shape index (κ3) is 3.98. The molecule has 27 heavy (non-hydrogen) atoms. The number of hydrogen-bond donors (Lipinski definition) is 0. The van der Waals surface area contributed by atoms with Crippen LogP contribution in [0.1, 0.15) is 35.0 Å². The van der Waals surface area contributed by atoms with Gasteiger partial charge in [0.2, 0.25) is 11.1 Å². The van der Waals surface area contributed by atoms with Crippen molar-refractivity contribution in [1.29, 1.82) is 0 Å². The molecule has 0 saturated heterocycles. The second kappa shape index (κ2) is 8.08. The first kappa shape index (κ1) is 19.4. The van der Waals surface area contributed by atoms with Gasteiger partial charge in [0, 0.05) is 30.0 Å². The van der Waals surface area contributed by atoms with Crippen LogP contribution in [0.4, 0.5) is 0 Å². The van der Waals surface area contributed by atoms with Gasteiger partial charge >= 0.3 is 0 Å². The molecule has 7 heteroatoms. The molecule has 0 fully saturated rings. The zero-order valence-electron chi connectivity index (χ0n) is 16.5. The predicted octanol–water partition coefficient (Wildman–Crippen LogP) is 3.36. The van der Waals surface area contributed by atoms with Crippen molar-refractivity contribution in [3.05, 3.63) is 52.3 Å². The Morgan fingerprint density at radius 2 is 1.93 bits per heavy atom. The number of aromatic nitrogens is 4. The van der Waals surface area contributed by atoms with Gasteiger partial charge in [-0.1, -0.05) is 36.0 Å². The normalized spacial score (nSPS) is 11.1. The maximum absolute atomic E-state index is 13.0. The molecule has 142 valence electrons. The fourth-order valence-corrected chi connectivity index (χ4v) is 3.50. The Morgan fingerprint density at radius 1 is 1.19 bits per heavy atom. The average molecular weight is 384 g/mol. The number of nitrogens with zero attached hydrogens (tertiary/aromatic N) is 5. The third-order valence-electron chi connectivity index (χ3n) is 4.90. The van der Waals surface area contributed by atoms with E-state index in [4.69, 9.17) is 0 Å². The van der Waals surface area contributed by atoms with Gasteiger partial charge < -0.3 is 4.90 Å². The van der Waals surface area contributed by atoms with E-state index in [1.807, 2.05) is 44.1 Å². The predicted molar refractivity (Wildman–Crippen MR) is 108 cm³/mol. The van der Waals surface area contributed by atoms with E-state index in [9.17, 15) is 4.79 Å². The standard InChI is InChI=1S/C20H25N5OS/c1-6-24(12-16-10-8-7-9-13(16)2)18(26)11-17-14(3)21-19-22-20(27-5)23-25(19)15(17)4/h7-10H,6,11-12H2,1-5H3. The smallest absolute Gasteiger partial charge is 0.253 e. The zero-order valence-corrected chi connectivity index (χ0v) is 17.3. The first-order valence-corrected chi connectivity index (χ1v) is 10.3. The second-order valence-electron chi connectivity index (χ2n) is 6.58. The molecule has 0 unspecified atom stereocenters. The van der Waals surface area contributed by atoms with Gasteiger partial charge in [0.25, 0.3) is 5.78 Å². The number of carbonyl (C=O) groups is 1. The number of rotatable bonds is 6. The van der Waals surface area contributed by atoms with E-state index >= 15 is 0 Å². The molecule has 0 aliphatic heterocycles. The summed E-state index contributed by atoms with van der Waals surface area (Å²) in [6, 6.07) is 8.19. The molecule has 0 atom stereocenters. The minimum atomic E-state index is 0.0957. The van der Waals surface area contributed by atoms with Crippen molar-refractivity contribution in [3.63, 3.8) is 0 Å². The molecule has 0 N–H and O–H groups in total. The zero-order chi connectivity index (χ0) is 19.6. The van der Waals surface area contributed by atoms with Crippen LogP contribution >= 0.6 is 11.8 Å². The van der Waals surface area contributed by atoms with Crippen LogP contribution in [0.3, 0.4) is 0 Å². The summed E-state index contributed by atoms with van der Waals surface area (Å²) in [5.74, 6) is 0.677. The molecule has 2 heterocycles. The quantitative estimate of drug-likeness (QED) is 0.611. The van der Waals surface area contributed by atoms with E-state index < -0.39 is 0 Å². The molecule has 0 radical (unpaired) electrons. The van der Waals surface area contributed by atoms with Crippen LogP contribution in [0, 0.1) is 20.8 Å². The first-order valence-electron chi connectivity index (χ1n) is 9.03. The molecule has 0 aliphatic rings. The van der Waals surface area contributed by atoms with Crippen LogP contribution in [0.25, 0.3) is 5.78 Å². The molecule has 6 nitrogen and oxygen atoms in total. The Bertz CT molecular complexity index is 982. The molecule has 0 aliphatic carbocycles. The van der Waals surface area contributed by atoms with Gasteiger partial charge in [-0.25, -0.2) is 9.50 Å². The number of amides is 1. The number of fused-ring (bicyclic) bond motifs is 1. The minimum absolute atomic E-state index is 0.0957. The number of benzene rings is 1. The third-order valence-corrected chi connectivity index (χ3v) is 5.44. The lowest BCUT2D eigenvalue weighted by atomic mass is 10.1. The van der Waals surface area contributed by atoms with E-state index in [2.05, 4.69) is 34.1 Å². The lowest BCUT2D eigenvalue weighted by molar-refractivity contribution is -0.130. The van der Waals surface area contributed by atoms with Crippen molar-refractivity contribution < 1.29 is 4.79 Å². The topological polar surface area (TPSA) is 63.4 Å². The van der Waals surface area contributed by atoms with Gasteiger partial charge in [0.15, 0.2) is 0 Å². The van der Waals surface area contributed by atoms with Crippen molar-refractivity contribution in [2.24, 2.45) is 0 Å². The Labute approximate surface area is 164 Å². The summed E-state index contributed by atoms with van der Waals surface area (Å²) in [4.78, 5) is 23.8. The van der Waals surface area contributed by atoms with Gasteiger partial charge in [0.1, 0.15) is 0 Å². The lowest BCUT2D eigenvalue weighted by Gasteiger charge is -2.23. The number of hydrogen-bond acceptors (Lipinski definition) is 5. The van der Waals surface area contributed by atoms with E-state index in [1.165, 1.54) is 22.9 Å². The van der Waals surface area contributed by atoms with Crippen molar-refractivity contribution in [2.45, 2.75) is 45.8 Å². The van der Waals surface area contributed by atoms with E-state index in [0.29, 0.717) is 30.4 Å². The Kier molecular flexibility index (Phi) is 5.79. The monoisotopic (exact) mass is 383 g/mol. The summed E-state index contributed by atoms with van der Waals surface area (Å²) in [5.41, 5.74) is 5.06. The SMILES string of the molecule is CCN(Cc1ccccc1C)C(=O)Cc1c(C)nc2nc(SC)nn2c1C. The summed E-state index contributed by atoms with van der Waals surface area (Å²) < 4.78 is 1.74. The van der Waals surface area contributed by atoms with Gasteiger partial charge in [-0.3, -0.25) is 4.79 Å². The van der Waals surface area contributed by atoms with Gasteiger partial charge in [-0.05, 0) is 45.1 Å². The minimum Gasteiger partial charge on any atom is -0.338 e. The van der Waals surface area contributed by atoms with Crippen molar-refractivity contribution in [2.75, 3.05) is 12.8 Å². The maximum atomic E-state index is 13.0. The van der Waals surface area contributed by atoms with E-state index in [0.717, 1.165) is 17.0 Å². The van der Waals surface area contributed by atoms with Crippen LogP contribution in [-0.4, -0.2) is 43.2 Å². The van der Waals surface area contributed by atoms with Gasteiger partial charge in [-0.15, -0.1) is 5.10 Å². The van der Waals surface area contributed by atoms with Crippen LogP contribution in [0.15, 0.2) is 29.4 Å². The Hall–Kier alpha value is -2.41. The Balaban J connectivity index is 1.86. The van der Waals surface area contributed by atoms with Gasteiger partial charge in [0.05, 0.1) is 6.42 Å². The molecule has 3 aromatic rings. The largest absolute Gasteiger partial charge is 0.338 e. The number of thioether (sulfide) groups is 1. The van der Waals surface area contributed by atoms with E-state index in [1.54, 1.807) is 4.52 Å². The number of aryl methyl sites for hydroxylation is 3. The maximum Gasteiger partial charge on any atom is 0.253 e. The summed E-state index contributed by atoms with van der Waals surface area (Å²) in [7, 11) is 0. The second-order valence-corrected chi connectivity index (χ2v) is 7.36. The molecular formula is C20H25N5OS. The highest BCUT2D eigenvalue weighted by Gasteiger charge is 2.19. The fraction of sp³-hybridized carbons (Fsp3) is 0.400. The average Bonchev–Trinajstić information content (AvgIpc) is 3.07. The highest BCUT2D eigenvalue weighted by atomic mass is 32.2. The fourth-order valence-electron chi connectivity index (χ4n) is 3.16. The number of likely N-dealkylation sites (N-methyl/N-ethyl adjacent to an activating group) is 1. The van der Waals surface area contributed by atoms with Gasteiger partial charge in [-0.2, -0.15) is 4.98 Å². The molecule has 1 aromatic carbocycles. The summed E-state index contributed by atoms with van der Waals surface area (Å²) in [6.07, 6.45) is 2.25. The summed E-state index contributed by atoms with van der Waals surface area (Å²) in [5, 5.41) is 5.15. The van der Waals surface area contributed by atoms with Crippen LogP contribution in [0.2, 0.25) is 0 Å². The number of carbonyl (C=O) groups excluding carboxylic acids is 1. The first-order chi connectivity index (χ1) is 12.9. The summed E-state index contributed by atoms with van der Waals surface area (Å²) in [6.45, 7) is 9.28. The van der Waals surface area contributed by atoms with Crippen molar-refractivity contribution in [1.82, 2.24) is 24.5 Å². The van der Waals surface area contributed by atoms with Crippen molar-refractivity contribution >= 4 is 23.4 Å². The highest BCUT2D eigenvalue weighted by molar-refractivity contribution is 7.98. The van der Waals surface area contributed by atoms with Crippen molar-refractivity contribution in [3.8, 4) is 0 Å². The summed E-state index contributed by atoms with van der Waals surface area (Å²) >= 11 is 1.48. The van der Waals surface area contributed by atoms with Crippen LogP contribution in [-0.2, 0) is 17.8 Å². The van der Waals surface area contributed by atoms with Crippen LogP contribution in [0.5, 0.6) is 0 Å². The molecule has 2 aromatic heterocycles.